The van der Waals surface area contributed by atoms with Gasteiger partial charge in [-0.05, 0) is 0 Å². The van der Waals surface area contributed by atoms with Gasteiger partial charge in [0, 0.05) is 13.1 Å². The molecule has 5 heteroatoms. The van der Waals surface area contributed by atoms with Gasteiger partial charge in [0.2, 0.25) is 5.91 Å². The summed E-state index contributed by atoms with van der Waals surface area (Å²) in [5, 5.41) is 2.81. The van der Waals surface area contributed by atoms with E-state index in [1.54, 1.807) is 22.0 Å². The quantitative estimate of drug-likeness (QED) is 0.695. The van der Waals surface area contributed by atoms with Crippen LogP contribution >= 0.6 is 0 Å². The summed E-state index contributed by atoms with van der Waals surface area (Å²) in [6.07, 6.45) is 3.50. The Morgan fingerprint density at radius 3 is 2.50 bits per heavy atom. The number of hydrogen-bond acceptors (Lipinski definition) is 2. The molecule has 3 amide bonds. The molecule has 2 saturated heterocycles. The molecule has 0 radical (unpaired) electrons. The van der Waals surface area contributed by atoms with Crippen molar-refractivity contribution in [3.63, 3.8) is 0 Å². The first-order valence-corrected chi connectivity index (χ1v) is 5.27. The standard InChI is InChI=1S/C11H15N3O2/c1-3-5-13-8-7-9(15)12-10(8)14(6-4-2)11(13)16/h3-4,8,10H,1-2,5-7H2,(H,12,15). The molecule has 2 aliphatic rings. The Kier molecular flexibility index (Phi) is 2.68. The third-order valence-electron chi connectivity index (χ3n) is 2.95. The van der Waals surface area contributed by atoms with Gasteiger partial charge in [0.05, 0.1) is 12.5 Å². The summed E-state index contributed by atoms with van der Waals surface area (Å²) in [4.78, 5) is 26.7. The van der Waals surface area contributed by atoms with Crippen LogP contribution in [0.3, 0.4) is 0 Å². The van der Waals surface area contributed by atoms with Crippen LogP contribution in [0.4, 0.5) is 4.79 Å². The Morgan fingerprint density at radius 2 is 1.88 bits per heavy atom. The highest BCUT2D eigenvalue weighted by molar-refractivity contribution is 5.86. The fourth-order valence-electron chi connectivity index (χ4n) is 2.30. The molecule has 86 valence electrons. The van der Waals surface area contributed by atoms with Crippen molar-refractivity contribution in [2.24, 2.45) is 0 Å². The zero-order valence-electron chi connectivity index (χ0n) is 9.06. The summed E-state index contributed by atoms with van der Waals surface area (Å²) < 4.78 is 0. The maximum atomic E-state index is 12.0. The molecule has 16 heavy (non-hydrogen) atoms. The molecule has 0 aliphatic carbocycles. The third-order valence-corrected chi connectivity index (χ3v) is 2.95. The number of rotatable bonds is 4. The van der Waals surface area contributed by atoms with E-state index in [1.807, 2.05) is 0 Å². The SMILES string of the molecule is C=CCN1C(=O)N(CC=C)C2NC(=O)CC21. The summed E-state index contributed by atoms with van der Waals surface area (Å²) in [5.74, 6) is -0.00868. The largest absolute Gasteiger partial charge is 0.334 e. The minimum absolute atomic E-state index is 0.00868. The smallest absolute Gasteiger partial charge is 0.322 e. The van der Waals surface area contributed by atoms with Crippen LogP contribution < -0.4 is 5.32 Å². The lowest BCUT2D eigenvalue weighted by atomic mass is 10.2. The van der Waals surface area contributed by atoms with E-state index >= 15 is 0 Å². The van der Waals surface area contributed by atoms with Gasteiger partial charge in [0.1, 0.15) is 6.17 Å². The van der Waals surface area contributed by atoms with Crippen LogP contribution in [0.2, 0.25) is 0 Å². The van der Waals surface area contributed by atoms with Crippen LogP contribution in [-0.4, -0.2) is 47.0 Å². The van der Waals surface area contributed by atoms with E-state index in [0.29, 0.717) is 19.5 Å². The van der Waals surface area contributed by atoms with Crippen LogP contribution in [0, 0.1) is 0 Å². The molecule has 2 unspecified atom stereocenters. The number of hydrogen-bond donors (Lipinski definition) is 1. The van der Waals surface area contributed by atoms with E-state index < -0.39 is 0 Å². The van der Waals surface area contributed by atoms with Crippen LogP contribution in [0.25, 0.3) is 0 Å². The molecule has 2 fully saturated rings. The fourth-order valence-corrected chi connectivity index (χ4v) is 2.30. The van der Waals surface area contributed by atoms with Crippen molar-refractivity contribution in [3.05, 3.63) is 25.3 Å². The molecule has 5 nitrogen and oxygen atoms in total. The predicted octanol–water partition coefficient (Wildman–Crippen LogP) is 0.311. The van der Waals surface area contributed by atoms with E-state index in [4.69, 9.17) is 0 Å². The number of urea groups is 1. The first-order valence-electron chi connectivity index (χ1n) is 5.27. The number of carbonyl (C=O) groups is 2. The van der Waals surface area contributed by atoms with Gasteiger partial charge in [-0.25, -0.2) is 4.79 Å². The second-order valence-electron chi connectivity index (χ2n) is 3.95. The minimum atomic E-state index is -0.210. The average molecular weight is 221 g/mol. The van der Waals surface area contributed by atoms with Gasteiger partial charge in [0.25, 0.3) is 0 Å². The zero-order chi connectivity index (χ0) is 11.7. The summed E-state index contributed by atoms with van der Waals surface area (Å²) >= 11 is 0. The van der Waals surface area contributed by atoms with Gasteiger partial charge in [0.15, 0.2) is 0 Å². The molecule has 2 atom stereocenters. The van der Waals surface area contributed by atoms with Crippen molar-refractivity contribution in [2.45, 2.75) is 18.6 Å². The lowest BCUT2D eigenvalue weighted by Gasteiger charge is -2.20. The Labute approximate surface area is 94.4 Å². The van der Waals surface area contributed by atoms with Gasteiger partial charge in [-0.15, -0.1) is 13.2 Å². The highest BCUT2D eigenvalue weighted by atomic mass is 16.2. The van der Waals surface area contributed by atoms with Gasteiger partial charge in [-0.3, -0.25) is 9.69 Å². The summed E-state index contributed by atoms with van der Waals surface area (Å²) in [5.41, 5.74) is 0. The Hall–Kier alpha value is -1.78. The highest BCUT2D eigenvalue weighted by Gasteiger charge is 2.49. The first-order chi connectivity index (χ1) is 7.69. The van der Waals surface area contributed by atoms with E-state index in [-0.39, 0.29) is 24.1 Å². The highest BCUT2D eigenvalue weighted by Crippen LogP contribution is 2.27. The molecule has 0 aromatic rings. The van der Waals surface area contributed by atoms with Crippen LogP contribution in [0.5, 0.6) is 0 Å². The Morgan fingerprint density at radius 1 is 1.25 bits per heavy atom. The normalized spacial score (nSPS) is 28.0. The topological polar surface area (TPSA) is 52.7 Å². The van der Waals surface area contributed by atoms with E-state index in [9.17, 15) is 9.59 Å². The van der Waals surface area contributed by atoms with Gasteiger partial charge in [-0.2, -0.15) is 0 Å². The zero-order valence-corrected chi connectivity index (χ0v) is 9.06. The number of nitrogens with zero attached hydrogens (tertiary/aromatic N) is 2. The second-order valence-corrected chi connectivity index (χ2v) is 3.95. The minimum Gasteiger partial charge on any atom is -0.334 e. The first kappa shape index (κ1) is 10.7. The van der Waals surface area contributed by atoms with Crippen molar-refractivity contribution < 1.29 is 9.59 Å². The van der Waals surface area contributed by atoms with Crippen LogP contribution in [0.15, 0.2) is 25.3 Å². The van der Waals surface area contributed by atoms with Crippen molar-refractivity contribution in [3.8, 4) is 0 Å². The predicted molar refractivity (Wildman–Crippen MR) is 59.5 cm³/mol. The van der Waals surface area contributed by atoms with Crippen molar-refractivity contribution in [1.29, 1.82) is 0 Å². The lowest BCUT2D eigenvalue weighted by Crippen LogP contribution is -2.43. The van der Waals surface area contributed by atoms with E-state index in [0.717, 1.165) is 0 Å². The molecular weight excluding hydrogens is 206 g/mol. The number of fused-ring (bicyclic) bond motifs is 1. The molecule has 0 aromatic heterocycles. The number of nitrogens with one attached hydrogen (secondary N) is 1. The van der Waals surface area contributed by atoms with Crippen LogP contribution in [0.1, 0.15) is 6.42 Å². The number of carbonyl (C=O) groups excluding carboxylic acids is 2. The van der Waals surface area contributed by atoms with Gasteiger partial charge < -0.3 is 10.2 Å². The van der Waals surface area contributed by atoms with Crippen molar-refractivity contribution in [2.75, 3.05) is 13.1 Å². The molecular formula is C11H15N3O2. The van der Waals surface area contributed by atoms with Gasteiger partial charge >= 0.3 is 6.03 Å². The summed E-state index contributed by atoms with van der Waals surface area (Å²) in [6.45, 7) is 8.17. The average Bonchev–Trinajstić information content (AvgIpc) is 2.71. The molecule has 2 rings (SSSR count). The molecule has 2 aliphatic heterocycles. The summed E-state index contributed by atoms with van der Waals surface area (Å²) in [6, 6.07) is -0.132. The van der Waals surface area contributed by atoms with E-state index in [2.05, 4.69) is 18.5 Å². The lowest BCUT2D eigenvalue weighted by molar-refractivity contribution is -0.119. The molecule has 0 spiro atoms. The third kappa shape index (κ3) is 1.48. The molecule has 0 aromatic carbocycles. The molecule has 0 bridgehead atoms. The van der Waals surface area contributed by atoms with Gasteiger partial charge in [-0.1, -0.05) is 12.2 Å². The van der Waals surface area contributed by atoms with Crippen LogP contribution in [-0.2, 0) is 4.79 Å². The number of amides is 3. The molecule has 1 N–H and O–H groups in total. The van der Waals surface area contributed by atoms with Crippen molar-refractivity contribution >= 4 is 11.9 Å². The Bertz CT molecular complexity index is 323. The Balaban J connectivity index is 2.22. The maximum absolute atomic E-state index is 12.0. The molecule has 0 saturated carbocycles. The summed E-state index contributed by atoms with van der Waals surface area (Å²) in [7, 11) is 0. The molecule has 2 heterocycles. The monoisotopic (exact) mass is 221 g/mol. The van der Waals surface area contributed by atoms with Crippen molar-refractivity contribution in [1.82, 2.24) is 15.1 Å². The maximum Gasteiger partial charge on any atom is 0.322 e. The second kappa shape index (κ2) is 4.00. The van der Waals surface area contributed by atoms with E-state index in [1.165, 1.54) is 0 Å². The fraction of sp³-hybridized carbons (Fsp3) is 0.455.